The van der Waals surface area contributed by atoms with Gasteiger partial charge in [0.05, 0.1) is 11.0 Å². The number of alkyl halides is 2. The largest absolute Gasteiger partial charge is 0.435 e. The van der Waals surface area contributed by atoms with Gasteiger partial charge in [-0.05, 0) is 23.8 Å². The van der Waals surface area contributed by atoms with Crippen molar-refractivity contribution in [1.82, 2.24) is 9.97 Å². The van der Waals surface area contributed by atoms with E-state index >= 15 is 0 Å². The van der Waals surface area contributed by atoms with Crippen molar-refractivity contribution in [3.05, 3.63) is 59.5 Å². The molecule has 0 fully saturated rings. The van der Waals surface area contributed by atoms with E-state index in [2.05, 4.69) is 14.7 Å². The van der Waals surface area contributed by atoms with Gasteiger partial charge in [0.25, 0.3) is 0 Å². The number of fused-ring (bicyclic) bond motifs is 1. The summed E-state index contributed by atoms with van der Waals surface area (Å²) in [5.41, 5.74) is 1.35. The van der Waals surface area contributed by atoms with Crippen LogP contribution in [0.4, 0.5) is 8.78 Å². The van der Waals surface area contributed by atoms with Crippen molar-refractivity contribution in [3.63, 3.8) is 0 Å². The standard InChI is InChI=1S/C16H12F2N2O3S/c17-15(18)23-12-6-7-13-14(10-12)20-16(19-13)24(21,22)9-8-11-4-2-1-3-5-11/h1-10,15H,(H,19,20)/b9-8-. The van der Waals surface area contributed by atoms with E-state index < -0.39 is 16.4 Å². The molecule has 0 amide bonds. The first-order chi connectivity index (χ1) is 11.4. The number of aromatic amines is 1. The Bertz CT molecular complexity index is 983. The third-order valence-electron chi connectivity index (χ3n) is 3.17. The van der Waals surface area contributed by atoms with Crippen molar-refractivity contribution >= 4 is 26.9 Å². The normalized spacial score (nSPS) is 12.3. The Labute approximate surface area is 136 Å². The molecule has 0 atom stereocenters. The van der Waals surface area contributed by atoms with E-state index in [0.29, 0.717) is 11.0 Å². The van der Waals surface area contributed by atoms with E-state index in [1.165, 1.54) is 24.3 Å². The summed E-state index contributed by atoms with van der Waals surface area (Å²) in [6, 6.07) is 12.9. The highest BCUT2D eigenvalue weighted by Gasteiger charge is 2.16. The molecule has 0 aliphatic rings. The molecule has 1 N–H and O–H groups in total. The number of hydrogen-bond acceptors (Lipinski definition) is 4. The number of halogens is 2. The lowest BCUT2D eigenvalue weighted by molar-refractivity contribution is -0.0497. The molecule has 8 heteroatoms. The number of benzene rings is 2. The molecule has 3 aromatic rings. The third-order valence-corrected chi connectivity index (χ3v) is 4.39. The molecule has 0 aliphatic heterocycles. The average molecular weight is 350 g/mol. The number of imidazole rings is 1. The summed E-state index contributed by atoms with van der Waals surface area (Å²) >= 11 is 0. The second-order valence-corrected chi connectivity index (χ2v) is 6.61. The minimum absolute atomic E-state index is 0.0788. The van der Waals surface area contributed by atoms with Crippen LogP contribution in [0.3, 0.4) is 0 Å². The molecule has 0 unspecified atom stereocenters. The van der Waals surface area contributed by atoms with Gasteiger partial charge in [-0.25, -0.2) is 13.4 Å². The minimum Gasteiger partial charge on any atom is -0.435 e. The van der Waals surface area contributed by atoms with E-state index in [-0.39, 0.29) is 10.9 Å². The highest BCUT2D eigenvalue weighted by molar-refractivity contribution is 7.94. The molecule has 0 spiro atoms. The molecular weight excluding hydrogens is 338 g/mol. The molecule has 24 heavy (non-hydrogen) atoms. The molecule has 1 heterocycles. The van der Waals surface area contributed by atoms with Crippen LogP contribution in [0.1, 0.15) is 5.56 Å². The SMILES string of the molecule is O=S(=O)(/C=C\c1ccccc1)c1nc2ccc(OC(F)F)cc2[nH]1. The van der Waals surface area contributed by atoms with Crippen molar-refractivity contribution < 1.29 is 21.9 Å². The van der Waals surface area contributed by atoms with Crippen LogP contribution in [0.25, 0.3) is 17.1 Å². The number of sulfone groups is 1. The van der Waals surface area contributed by atoms with Crippen LogP contribution < -0.4 is 4.74 Å². The van der Waals surface area contributed by atoms with Gasteiger partial charge in [0.1, 0.15) is 5.75 Å². The lowest BCUT2D eigenvalue weighted by atomic mass is 10.2. The van der Waals surface area contributed by atoms with Crippen LogP contribution in [-0.2, 0) is 9.84 Å². The molecule has 0 bridgehead atoms. The van der Waals surface area contributed by atoms with Crippen LogP contribution in [-0.4, -0.2) is 25.0 Å². The first-order valence-corrected chi connectivity index (χ1v) is 8.41. The molecular formula is C16H12F2N2O3S. The Morgan fingerprint density at radius 3 is 2.58 bits per heavy atom. The molecule has 0 saturated heterocycles. The van der Waals surface area contributed by atoms with Crippen molar-refractivity contribution in [3.8, 4) is 5.75 Å². The van der Waals surface area contributed by atoms with Crippen molar-refractivity contribution in [2.45, 2.75) is 11.8 Å². The predicted octanol–water partition coefficient (Wildman–Crippen LogP) is 3.61. The molecule has 0 saturated carbocycles. The van der Waals surface area contributed by atoms with Crippen LogP contribution in [0.15, 0.2) is 59.1 Å². The molecule has 0 aliphatic carbocycles. The summed E-state index contributed by atoms with van der Waals surface area (Å²) in [4.78, 5) is 6.59. The summed E-state index contributed by atoms with van der Waals surface area (Å²) in [6.45, 7) is -2.96. The zero-order valence-corrected chi connectivity index (χ0v) is 13.0. The summed E-state index contributed by atoms with van der Waals surface area (Å²) < 4.78 is 53.3. The van der Waals surface area contributed by atoms with Gasteiger partial charge in [-0.3, -0.25) is 0 Å². The van der Waals surface area contributed by atoms with Crippen molar-refractivity contribution in [1.29, 1.82) is 0 Å². The topological polar surface area (TPSA) is 72.1 Å². The summed E-state index contributed by atoms with van der Waals surface area (Å²) in [5, 5.41) is 0.773. The van der Waals surface area contributed by atoms with Gasteiger partial charge >= 0.3 is 6.61 Å². The van der Waals surface area contributed by atoms with Crippen molar-refractivity contribution in [2.24, 2.45) is 0 Å². The maximum absolute atomic E-state index is 12.3. The van der Waals surface area contributed by atoms with Gasteiger partial charge < -0.3 is 9.72 Å². The lowest BCUT2D eigenvalue weighted by Gasteiger charge is -2.02. The lowest BCUT2D eigenvalue weighted by Crippen LogP contribution is -2.01. The maximum atomic E-state index is 12.3. The number of rotatable bonds is 5. The molecule has 5 nitrogen and oxygen atoms in total. The third kappa shape index (κ3) is 3.60. The summed E-state index contributed by atoms with van der Waals surface area (Å²) in [7, 11) is -3.79. The number of ether oxygens (including phenoxy) is 1. The van der Waals surface area contributed by atoms with Crippen LogP contribution >= 0.6 is 0 Å². The van der Waals surface area contributed by atoms with E-state index in [1.807, 2.05) is 6.07 Å². The van der Waals surface area contributed by atoms with E-state index in [4.69, 9.17) is 0 Å². The number of aromatic nitrogens is 2. The zero-order valence-electron chi connectivity index (χ0n) is 12.2. The van der Waals surface area contributed by atoms with Gasteiger partial charge in [0.15, 0.2) is 0 Å². The van der Waals surface area contributed by atoms with E-state index in [0.717, 1.165) is 11.0 Å². The fourth-order valence-electron chi connectivity index (χ4n) is 2.07. The fraction of sp³-hybridized carbons (Fsp3) is 0.0625. The molecule has 3 rings (SSSR count). The Morgan fingerprint density at radius 2 is 1.88 bits per heavy atom. The Morgan fingerprint density at radius 1 is 1.12 bits per heavy atom. The predicted molar refractivity (Wildman–Crippen MR) is 85.4 cm³/mol. The summed E-state index contributed by atoms with van der Waals surface area (Å²) in [5.74, 6) is -0.0788. The second-order valence-electron chi connectivity index (χ2n) is 4.86. The van der Waals surface area contributed by atoms with E-state index in [1.54, 1.807) is 24.3 Å². The molecule has 124 valence electrons. The fourth-order valence-corrected chi connectivity index (χ4v) is 3.02. The number of nitrogens with zero attached hydrogens (tertiary/aromatic N) is 1. The second kappa shape index (κ2) is 6.40. The van der Waals surface area contributed by atoms with Crippen LogP contribution in [0.2, 0.25) is 0 Å². The van der Waals surface area contributed by atoms with Gasteiger partial charge in [0, 0.05) is 11.5 Å². The van der Waals surface area contributed by atoms with Crippen LogP contribution in [0.5, 0.6) is 5.75 Å². The first kappa shape index (κ1) is 16.1. The van der Waals surface area contributed by atoms with Gasteiger partial charge in [-0.2, -0.15) is 8.78 Å². The highest BCUT2D eigenvalue weighted by Crippen LogP contribution is 2.22. The maximum Gasteiger partial charge on any atom is 0.387 e. The average Bonchev–Trinajstić information content (AvgIpc) is 2.98. The smallest absolute Gasteiger partial charge is 0.387 e. The van der Waals surface area contributed by atoms with Gasteiger partial charge in [0.2, 0.25) is 15.0 Å². The first-order valence-electron chi connectivity index (χ1n) is 6.87. The Kier molecular flexibility index (Phi) is 4.30. The van der Waals surface area contributed by atoms with Crippen LogP contribution in [0, 0.1) is 0 Å². The number of nitrogens with one attached hydrogen (secondary N) is 1. The number of H-pyrrole nitrogens is 1. The summed E-state index contributed by atoms with van der Waals surface area (Å²) in [6.07, 6.45) is 1.45. The monoisotopic (exact) mass is 350 g/mol. The minimum atomic E-state index is -3.79. The molecule has 2 aromatic carbocycles. The molecule has 0 radical (unpaired) electrons. The van der Waals surface area contributed by atoms with E-state index in [9.17, 15) is 17.2 Å². The molecule has 1 aromatic heterocycles. The van der Waals surface area contributed by atoms with Crippen molar-refractivity contribution in [2.75, 3.05) is 0 Å². The Balaban J connectivity index is 1.92. The van der Waals surface area contributed by atoms with Gasteiger partial charge in [-0.1, -0.05) is 30.3 Å². The van der Waals surface area contributed by atoms with Gasteiger partial charge in [-0.15, -0.1) is 0 Å². The highest BCUT2D eigenvalue weighted by atomic mass is 32.2. The quantitative estimate of drug-likeness (QED) is 0.763. The number of hydrogen-bond donors (Lipinski definition) is 1. The zero-order chi connectivity index (χ0) is 17.2. The Hall–Kier alpha value is -2.74.